The monoisotopic (exact) mass is 300 g/mol. The number of amides is 2. The minimum absolute atomic E-state index is 0.0629. The van der Waals surface area contributed by atoms with Gasteiger partial charge in [0.25, 0.3) is 0 Å². The van der Waals surface area contributed by atoms with Crippen molar-refractivity contribution in [2.75, 3.05) is 13.1 Å². The summed E-state index contributed by atoms with van der Waals surface area (Å²) in [4.78, 5) is 22.9. The Morgan fingerprint density at radius 1 is 1.00 bits per heavy atom. The highest BCUT2D eigenvalue weighted by atomic mass is 16.4. The van der Waals surface area contributed by atoms with Gasteiger partial charge in [0.1, 0.15) is 0 Å². The largest absolute Gasteiger partial charge is 0.481 e. The topological polar surface area (TPSA) is 78.4 Å². The maximum Gasteiger partial charge on any atom is 0.314 e. The summed E-state index contributed by atoms with van der Waals surface area (Å²) in [6.45, 7) is 10.6. The Hall–Kier alpha value is -1.26. The van der Waals surface area contributed by atoms with Gasteiger partial charge in [-0.1, -0.05) is 47.0 Å². The van der Waals surface area contributed by atoms with Crippen molar-refractivity contribution in [3.8, 4) is 0 Å². The highest BCUT2D eigenvalue weighted by Gasteiger charge is 2.31. The smallest absolute Gasteiger partial charge is 0.314 e. The number of carbonyl (C=O) groups excluding carboxylic acids is 1. The van der Waals surface area contributed by atoms with Gasteiger partial charge < -0.3 is 15.7 Å². The summed E-state index contributed by atoms with van der Waals surface area (Å²) >= 11 is 0. The van der Waals surface area contributed by atoms with Crippen molar-refractivity contribution in [2.24, 2.45) is 10.8 Å². The molecule has 1 atom stereocenters. The Kier molecular flexibility index (Phi) is 8.37. The molecule has 5 nitrogen and oxygen atoms in total. The summed E-state index contributed by atoms with van der Waals surface area (Å²) in [6, 6.07) is -0.292. The first kappa shape index (κ1) is 19.7. The van der Waals surface area contributed by atoms with Crippen LogP contribution < -0.4 is 10.6 Å². The van der Waals surface area contributed by atoms with Crippen LogP contribution in [0.1, 0.15) is 66.7 Å². The number of carboxylic acid groups (broad SMARTS) is 1. The van der Waals surface area contributed by atoms with E-state index in [-0.39, 0.29) is 18.0 Å². The van der Waals surface area contributed by atoms with Crippen LogP contribution in [-0.4, -0.2) is 30.2 Å². The third-order valence-electron chi connectivity index (χ3n) is 4.12. The van der Waals surface area contributed by atoms with Crippen molar-refractivity contribution in [3.05, 3.63) is 0 Å². The average Bonchev–Trinajstić information content (AvgIpc) is 2.42. The van der Waals surface area contributed by atoms with Gasteiger partial charge in [0, 0.05) is 13.1 Å². The van der Waals surface area contributed by atoms with Crippen LogP contribution in [0.15, 0.2) is 0 Å². The second-order valence-corrected chi connectivity index (χ2v) is 6.88. The Labute approximate surface area is 128 Å². The molecule has 1 unspecified atom stereocenters. The molecule has 0 fully saturated rings. The number of hydrogen-bond acceptors (Lipinski definition) is 2. The second-order valence-electron chi connectivity index (χ2n) is 6.88. The van der Waals surface area contributed by atoms with E-state index in [4.69, 9.17) is 5.11 Å². The molecule has 0 bridgehead atoms. The summed E-state index contributed by atoms with van der Waals surface area (Å²) in [5, 5.41) is 14.7. The van der Waals surface area contributed by atoms with Crippen LogP contribution in [0.4, 0.5) is 4.79 Å². The van der Waals surface area contributed by atoms with E-state index in [1.807, 2.05) is 6.92 Å². The first-order chi connectivity index (χ1) is 9.67. The van der Waals surface area contributed by atoms with Gasteiger partial charge in [-0.3, -0.25) is 4.79 Å². The van der Waals surface area contributed by atoms with Gasteiger partial charge in [0.15, 0.2) is 0 Å². The zero-order chi connectivity index (χ0) is 16.5. The van der Waals surface area contributed by atoms with E-state index in [1.54, 1.807) is 6.92 Å². The molecule has 0 saturated heterocycles. The zero-order valence-electron chi connectivity index (χ0n) is 14.2. The molecule has 0 aliphatic carbocycles. The summed E-state index contributed by atoms with van der Waals surface area (Å²) in [7, 11) is 0. The number of nitrogens with one attached hydrogen (secondary N) is 2. The fourth-order valence-electron chi connectivity index (χ4n) is 1.95. The predicted molar refractivity (Wildman–Crippen MR) is 85.4 cm³/mol. The molecule has 0 radical (unpaired) electrons. The first-order valence-corrected chi connectivity index (χ1v) is 7.92. The zero-order valence-corrected chi connectivity index (χ0v) is 14.2. The van der Waals surface area contributed by atoms with E-state index in [9.17, 15) is 9.59 Å². The minimum atomic E-state index is -0.909. The Morgan fingerprint density at radius 2 is 1.57 bits per heavy atom. The highest BCUT2D eigenvalue weighted by molar-refractivity contribution is 5.77. The number of unbranched alkanes of at least 4 members (excludes halogenated alkanes) is 2. The molecule has 0 aromatic rings. The molecule has 124 valence electrons. The van der Waals surface area contributed by atoms with Gasteiger partial charge in [0.05, 0.1) is 5.41 Å². The van der Waals surface area contributed by atoms with Crippen LogP contribution in [0.2, 0.25) is 0 Å². The molecule has 0 rings (SSSR count). The van der Waals surface area contributed by atoms with E-state index < -0.39 is 11.4 Å². The lowest BCUT2D eigenvalue weighted by Crippen LogP contribution is -2.46. The van der Waals surface area contributed by atoms with Crippen molar-refractivity contribution in [1.82, 2.24) is 10.6 Å². The maximum atomic E-state index is 11.8. The van der Waals surface area contributed by atoms with Crippen LogP contribution in [0.3, 0.4) is 0 Å². The number of carboxylic acids is 1. The summed E-state index contributed by atoms with van der Waals surface area (Å²) < 4.78 is 0. The third kappa shape index (κ3) is 7.93. The molecule has 0 heterocycles. The van der Waals surface area contributed by atoms with Crippen molar-refractivity contribution in [2.45, 2.75) is 66.7 Å². The van der Waals surface area contributed by atoms with Crippen LogP contribution in [0.25, 0.3) is 0 Å². The Balaban J connectivity index is 4.12. The highest BCUT2D eigenvalue weighted by Crippen LogP contribution is 2.23. The molecule has 3 N–H and O–H groups in total. The van der Waals surface area contributed by atoms with Crippen LogP contribution in [0.5, 0.6) is 0 Å². The van der Waals surface area contributed by atoms with Crippen LogP contribution in [-0.2, 0) is 4.79 Å². The number of aliphatic carboxylic acids is 1. The second kappa shape index (κ2) is 8.90. The van der Waals surface area contributed by atoms with Gasteiger partial charge in [-0.2, -0.15) is 0 Å². The standard InChI is InChI=1S/C16H32N2O3/c1-6-8-9-10-15(3,4)11-17-14(21)18-12-16(5,7-2)13(19)20/h6-12H2,1-5H3,(H,19,20)(H2,17,18,21). The molecule has 2 amide bonds. The maximum absolute atomic E-state index is 11.8. The van der Waals surface area contributed by atoms with E-state index in [2.05, 4.69) is 31.4 Å². The summed E-state index contributed by atoms with van der Waals surface area (Å²) in [5.41, 5.74) is -0.846. The molecule has 5 heteroatoms. The Bertz CT molecular complexity index is 342. The van der Waals surface area contributed by atoms with Crippen molar-refractivity contribution < 1.29 is 14.7 Å². The number of hydrogen-bond donors (Lipinski definition) is 3. The van der Waals surface area contributed by atoms with Crippen molar-refractivity contribution >= 4 is 12.0 Å². The fourth-order valence-corrected chi connectivity index (χ4v) is 1.95. The Morgan fingerprint density at radius 3 is 2.05 bits per heavy atom. The first-order valence-electron chi connectivity index (χ1n) is 7.92. The lowest BCUT2D eigenvalue weighted by Gasteiger charge is -2.26. The van der Waals surface area contributed by atoms with Gasteiger partial charge in [0.2, 0.25) is 0 Å². The summed E-state index contributed by atoms with van der Waals surface area (Å²) in [6.07, 6.45) is 5.12. The molecule has 21 heavy (non-hydrogen) atoms. The SMILES string of the molecule is CCCCCC(C)(C)CNC(=O)NCC(C)(CC)C(=O)O. The molecule has 0 aliphatic rings. The quantitative estimate of drug-likeness (QED) is 0.541. The molecule has 0 aromatic heterocycles. The van der Waals surface area contributed by atoms with Gasteiger partial charge in [-0.25, -0.2) is 4.79 Å². The molecular weight excluding hydrogens is 268 g/mol. The fraction of sp³-hybridized carbons (Fsp3) is 0.875. The van der Waals surface area contributed by atoms with Crippen molar-refractivity contribution in [3.63, 3.8) is 0 Å². The molecule has 0 aromatic carbocycles. The van der Waals surface area contributed by atoms with Gasteiger partial charge in [-0.05, 0) is 25.2 Å². The van der Waals surface area contributed by atoms with Crippen molar-refractivity contribution in [1.29, 1.82) is 0 Å². The molecule has 0 spiro atoms. The lowest BCUT2D eigenvalue weighted by molar-refractivity contribution is -0.147. The molecular formula is C16H32N2O3. The number of urea groups is 1. The molecule has 0 saturated carbocycles. The molecule has 0 aliphatic heterocycles. The van der Waals surface area contributed by atoms with E-state index >= 15 is 0 Å². The predicted octanol–water partition coefficient (Wildman–Crippen LogP) is 3.39. The van der Waals surface area contributed by atoms with Crippen LogP contribution >= 0.6 is 0 Å². The van der Waals surface area contributed by atoms with E-state index in [0.29, 0.717) is 13.0 Å². The third-order valence-corrected chi connectivity index (χ3v) is 4.12. The normalized spacial score (nSPS) is 14.3. The van der Waals surface area contributed by atoms with E-state index in [1.165, 1.54) is 19.3 Å². The van der Waals surface area contributed by atoms with Crippen LogP contribution in [0, 0.1) is 10.8 Å². The van der Waals surface area contributed by atoms with Gasteiger partial charge >= 0.3 is 12.0 Å². The minimum Gasteiger partial charge on any atom is -0.481 e. The number of carbonyl (C=O) groups is 2. The summed E-state index contributed by atoms with van der Waals surface area (Å²) in [5.74, 6) is -0.884. The average molecular weight is 300 g/mol. The van der Waals surface area contributed by atoms with E-state index in [0.717, 1.165) is 6.42 Å². The number of rotatable bonds is 10. The van der Waals surface area contributed by atoms with Gasteiger partial charge in [-0.15, -0.1) is 0 Å². The lowest BCUT2D eigenvalue weighted by atomic mass is 9.87.